The maximum atomic E-state index is 10.2. The van der Waals surface area contributed by atoms with Gasteiger partial charge in [0.25, 0.3) is 0 Å². The molecule has 4 nitrogen and oxygen atoms in total. The number of nitrogens with zero attached hydrogens (tertiary/aromatic N) is 2. The second-order valence-electron chi connectivity index (χ2n) is 5.76. The molecular formula is C17H28N2O2. The molecule has 0 bridgehead atoms. The number of methoxy groups -OCH3 is 1. The van der Waals surface area contributed by atoms with Gasteiger partial charge in [-0.25, -0.2) is 0 Å². The molecule has 0 spiro atoms. The minimum absolute atomic E-state index is 0.233. The highest BCUT2D eigenvalue weighted by atomic mass is 16.5. The molecule has 0 aliphatic carbocycles. The predicted molar refractivity (Wildman–Crippen MR) is 86.0 cm³/mol. The van der Waals surface area contributed by atoms with Crippen molar-refractivity contribution in [3.63, 3.8) is 0 Å². The lowest BCUT2D eigenvalue weighted by atomic mass is 10.1. The normalized spacial score (nSPS) is 20.9. The zero-order valence-electron chi connectivity index (χ0n) is 13.7. The van der Waals surface area contributed by atoms with Crippen molar-refractivity contribution in [2.45, 2.75) is 39.3 Å². The van der Waals surface area contributed by atoms with E-state index in [1.165, 1.54) is 6.42 Å². The summed E-state index contributed by atoms with van der Waals surface area (Å²) < 4.78 is 5.15. The second-order valence-corrected chi connectivity index (χ2v) is 5.76. The molecule has 0 radical (unpaired) electrons. The molecule has 21 heavy (non-hydrogen) atoms. The molecule has 1 aromatic carbocycles. The first-order valence-corrected chi connectivity index (χ1v) is 7.95. The Labute approximate surface area is 128 Å². The second kappa shape index (κ2) is 7.14. The Kier molecular flexibility index (Phi) is 5.48. The van der Waals surface area contributed by atoms with Gasteiger partial charge in [0.2, 0.25) is 0 Å². The Bertz CT molecular complexity index is 460. The first-order chi connectivity index (χ1) is 10.1. The fourth-order valence-corrected chi connectivity index (χ4v) is 3.36. The number of phenolic OH excluding ortho intramolecular Hbond substituents is 1. The van der Waals surface area contributed by atoms with Gasteiger partial charge in [-0.2, -0.15) is 0 Å². The molecule has 1 saturated heterocycles. The lowest BCUT2D eigenvalue weighted by Crippen LogP contribution is -2.37. The number of ether oxygens (including phenoxy) is 1. The highest BCUT2D eigenvalue weighted by molar-refractivity contribution is 5.41. The van der Waals surface area contributed by atoms with Crippen molar-refractivity contribution < 1.29 is 9.84 Å². The van der Waals surface area contributed by atoms with Crippen LogP contribution >= 0.6 is 0 Å². The summed E-state index contributed by atoms with van der Waals surface area (Å²) in [6, 6.07) is 6.47. The molecule has 1 heterocycles. The number of rotatable bonds is 6. The lowest BCUT2D eigenvalue weighted by molar-refractivity contribution is 0.192. The number of benzene rings is 1. The van der Waals surface area contributed by atoms with E-state index in [4.69, 9.17) is 4.74 Å². The van der Waals surface area contributed by atoms with Crippen molar-refractivity contribution in [2.75, 3.05) is 33.3 Å². The molecule has 4 heteroatoms. The van der Waals surface area contributed by atoms with E-state index in [1.54, 1.807) is 13.2 Å². The van der Waals surface area contributed by atoms with Crippen LogP contribution in [0.2, 0.25) is 0 Å². The maximum absolute atomic E-state index is 10.2. The van der Waals surface area contributed by atoms with Crippen LogP contribution in [0.3, 0.4) is 0 Å². The van der Waals surface area contributed by atoms with Gasteiger partial charge in [-0.3, -0.25) is 9.80 Å². The van der Waals surface area contributed by atoms with Crippen molar-refractivity contribution in [3.05, 3.63) is 23.8 Å². The van der Waals surface area contributed by atoms with E-state index in [2.05, 4.69) is 30.6 Å². The van der Waals surface area contributed by atoms with Crippen LogP contribution in [-0.2, 0) is 0 Å². The summed E-state index contributed by atoms with van der Waals surface area (Å²) in [5.74, 6) is 1.03. The molecule has 0 saturated carbocycles. The zero-order chi connectivity index (χ0) is 15.4. The van der Waals surface area contributed by atoms with Crippen LogP contribution in [0.4, 0.5) is 0 Å². The van der Waals surface area contributed by atoms with Crippen LogP contribution < -0.4 is 4.74 Å². The lowest BCUT2D eigenvalue weighted by Gasteiger charge is -2.29. The van der Waals surface area contributed by atoms with Crippen LogP contribution in [0.15, 0.2) is 18.2 Å². The average molecular weight is 292 g/mol. The molecule has 2 unspecified atom stereocenters. The minimum Gasteiger partial charge on any atom is -0.507 e. The molecule has 1 N–H and O–H groups in total. The largest absolute Gasteiger partial charge is 0.507 e. The SMILES string of the molecule is CCN(CC)C1CCN(C(C)c2ccc(OC)cc2O)C1. The molecule has 0 amide bonds. The van der Waals surface area contributed by atoms with Gasteiger partial charge in [0.15, 0.2) is 0 Å². The van der Waals surface area contributed by atoms with Gasteiger partial charge in [-0.15, -0.1) is 0 Å². The van der Waals surface area contributed by atoms with Gasteiger partial charge in [-0.1, -0.05) is 19.9 Å². The van der Waals surface area contributed by atoms with Crippen molar-refractivity contribution in [1.29, 1.82) is 0 Å². The molecule has 1 fully saturated rings. The number of hydrogen-bond acceptors (Lipinski definition) is 4. The third kappa shape index (κ3) is 3.50. The number of likely N-dealkylation sites (tertiary alicyclic amines) is 1. The smallest absolute Gasteiger partial charge is 0.124 e. The highest BCUT2D eigenvalue weighted by Gasteiger charge is 2.30. The highest BCUT2D eigenvalue weighted by Crippen LogP contribution is 2.33. The summed E-state index contributed by atoms with van der Waals surface area (Å²) in [6.45, 7) is 11.0. The number of likely N-dealkylation sites (N-methyl/N-ethyl adjacent to an activating group) is 1. The molecule has 2 atom stereocenters. The van der Waals surface area contributed by atoms with E-state index in [0.717, 1.165) is 31.7 Å². The van der Waals surface area contributed by atoms with Gasteiger partial charge >= 0.3 is 0 Å². The molecule has 1 aromatic rings. The van der Waals surface area contributed by atoms with Gasteiger partial charge in [0.1, 0.15) is 11.5 Å². The Morgan fingerprint density at radius 2 is 2.10 bits per heavy atom. The summed E-state index contributed by atoms with van der Waals surface area (Å²) >= 11 is 0. The van der Waals surface area contributed by atoms with Crippen LogP contribution in [0.1, 0.15) is 38.8 Å². The standard InChI is InChI=1S/C17H28N2O2/c1-5-18(6-2)14-9-10-19(12-14)13(3)16-8-7-15(21-4)11-17(16)20/h7-8,11,13-14,20H,5-6,9-10,12H2,1-4H3. The maximum Gasteiger partial charge on any atom is 0.124 e. The topological polar surface area (TPSA) is 35.9 Å². The Hall–Kier alpha value is -1.26. The number of aromatic hydroxyl groups is 1. The number of phenols is 1. The summed E-state index contributed by atoms with van der Waals surface area (Å²) in [5, 5.41) is 10.2. The summed E-state index contributed by atoms with van der Waals surface area (Å²) in [7, 11) is 1.62. The molecular weight excluding hydrogens is 264 g/mol. The van der Waals surface area contributed by atoms with Gasteiger partial charge < -0.3 is 9.84 Å². The molecule has 1 aliphatic heterocycles. The van der Waals surface area contributed by atoms with Crippen LogP contribution in [0, 0.1) is 0 Å². The number of hydrogen-bond donors (Lipinski definition) is 1. The summed E-state index contributed by atoms with van der Waals surface area (Å²) in [4.78, 5) is 4.99. The average Bonchev–Trinajstić information content (AvgIpc) is 2.97. The first kappa shape index (κ1) is 16.1. The van der Waals surface area contributed by atoms with Crippen molar-refractivity contribution in [1.82, 2.24) is 9.80 Å². The van der Waals surface area contributed by atoms with Crippen LogP contribution in [0.5, 0.6) is 11.5 Å². The molecule has 2 rings (SSSR count). The Balaban J connectivity index is 2.06. The Morgan fingerprint density at radius 3 is 2.67 bits per heavy atom. The van der Waals surface area contributed by atoms with Crippen molar-refractivity contribution in [2.24, 2.45) is 0 Å². The third-order valence-corrected chi connectivity index (χ3v) is 4.76. The summed E-state index contributed by atoms with van der Waals surface area (Å²) in [6.07, 6.45) is 1.21. The fraction of sp³-hybridized carbons (Fsp3) is 0.647. The summed E-state index contributed by atoms with van der Waals surface area (Å²) in [5.41, 5.74) is 0.982. The monoisotopic (exact) mass is 292 g/mol. The van der Waals surface area contributed by atoms with Gasteiger partial charge in [-0.05, 0) is 32.5 Å². The van der Waals surface area contributed by atoms with Gasteiger partial charge in [0, 0.05) is 36.8 Å². The first-order valence-electron chi connectivity index (χ1n) is 7.95. The van der Waals surface area contributed by atoms with Crippen LogP contribution in [0.25, 0.3) is 0 Å². The quantitative estimate of drug-likeness (QED) is 0.874. The third-order valence-electron chi connectivity index (χ3n) is 4.76. The van der Waals surface area contributed by atoms with Crippen molar-refractivity contribution in [3.8, 4) is 11.5 Å². The van der Waals surface area contributed by atoms with E-state index in [-0.39, 0.29) is 6.04 Å². The minimum atomic E-state index is 0.233. The van der Waals surface area contributed by atoms with E-state index in [1.807, 2.05) is 12.1 Å². The van der Waals surface area contributed by atoms with Gasteiger partial charge in [0.05, 0.1) is 7.11 Å². The van der Waals surface area contributed by atoms with E-state index >= 15 is 0 Å². The zero-order valence-corrected chi connectivity index (χ0v) is 13.7. The van der Waals surface area contributed by atoms with E-state index in [9.17, 15) is 5.11 Å². The molecule has 1 aliphatic rings. The predicted octanol–water partition coefficient (Wildman–Crippen LogP) is 2.88. The molecule has 0 aromatic heterocycles. The molecule has 118 valence electrons. The Morgan fingerprint density at radius 1 is 1.38 bits per heavy atom. The van der Waals surface area contributed by atoms with Crippen LogP contribution in [-0.4, -0.2) is 54.2 Å². The van der Waals surface area contributed by atoms with Crippen molar-refractivity contribution >= 4 is 0 Å². The van der Waals surface area contributed by atoms with E-state index < -0.39 is 0 Å². The fourth-order valence-electron chi connectivity index (χ4n) is 3.36. The van der Waals surface area contributed by atoms with E-state index in [0.29, 0.717) is 17.5 Å².